The average Bonchev–Trinajstić information content (AvgIpc) is 3.07. The predicted molar refractivity (Wildman–Crippen MR) is 121 cm³/mol. The van der Waals surface area contributed by atoms with Gasteiger partial charge in [0.15, 0.2) is 5.82 Å². The summed E-state index contributed by atoms with van der Waals surface area (Å²) in [6, 6.07) is 9.17. The molecular weight excluding hydrogens is 418 g/mol. The molecule has 1 aromatic carbocycles. The first-order valence-corrected chi connectivity index (χ1v) is 12.0. The van der Waals surface area contributed by atoms with Crippen molar-refractivity contribution in [2.75, 3.05) is 35.4 Å². The summed E-state index contributed by atoms with van der Waals surface area (Å²) < 4.78 is 28.6. The van der Waals surface area contributed by atoms with Crippen LogP contribution in [0.1, 0.15) is 25.3 Å². The van der Waals surface area contributed by atoms with Crippen LogP contribution >= 0.6 is 10.8 Å². The maximum Gasteiger partial charge on any atom is 0.249 e. The van der Waals surface area contributed by atoms with Crippen molar-refractivity contribution in [3.63, 3.8) is 0 Å². The summed E-state index contributed by atoms with van der Waals surface area (Å²) in [5, 5.41) is 3.28. The topological polar surface area (TPSA) is 110 Å². The van der Waals surface area contributed by atoms with E-state index in [1.54, 1.807) is 18.0 Å². The summed E-state index contributed by atoms with van der Waals surface area (Å²) in [5.74, 6) is 1.46. The summed E-state index contributed by atoms with van der Waals surface area (Å²) in [5.41, 5.74) is 2.39. The Balaban J connectivity index is 1.49. The third kappa shape index (κ3) is 3.54. The quantitative estimate of drug-likeness (QED) is 0.570. The van der Waals surface area contributed by atoms with Gasteiger partial charge in [-0.3, -0.25) is 13.9 Å². The Morgan fingerprint density at radius 2 is 2.00 bits per heavy atom. The highest BCUT2D eigenvalue weighted by molar-refractivity contribution is 8.22. The monoisotopic (exact) mass is 445 g/mol. The maximum absolute atomic E-state index is 12.8. The molecule has 0 aliphatic carbocycles. The van der Waals surface area contributed by atoms with Crippen LogP contribution in [-0.4, -0.2) is 52.3 Å². The van der Waals surface area contributed by atoms with Gasteiger partial charge in [-0.25, -0.2) is 9.71 Å². The Kier molecular flexibility index (Phi) is 5.06. The Morgan fingerprint density at radius 1 is 1.23 bits per heavy atom. The van der Waals surface area contributed by atoms with Crippen molar-refractivity contribution < 1.29 is 18.6 Å². The highest BCUT2D eigenvalue weighted by Gasteiger charge is 2.39. The number of nitrogens with zero attached hydrogens (tertiary/aromatic N) is 3. The number of carbonyl (C=O) groups excluding carboxylic acids is 1. The molecule has 10 heteroatoms. The first-order chi connectivity index (χ1) is 14.8. The van der Waals surface area contributed by atoms with Crippen molar-refractivity contribution in [2.45, 2.75) is 43.3 Å². The SMILES string of the molecule is C[C@@H]1C(=O)N(C)c2ccc(Nc3ccc4c(c3)S(O)(O)NC4)nc2N1C1CCOCC1. The number of rotatable bonds is 3. The third-order valence-corrected chi connectivity index (χ3v) is 7.80. The molecule has 1 aromatic heterocycles. The van der Waals surface area contributed by atoms with Crippen molar-refractivity contribution in [1.82, 2.24) is 9.71 Å². The Labute approximate surface area is 182 Å². The first kappa shape index (κ1) is 20.5. The van der Waals surface area contributed by atoms with Crippen molar-refractivity contribution in [2.24, 2.45) is 0 Å². The number of fused-ring (bicyclic) bond motifs is 2. The number of ether oxygens (including phenoxy) is 1. The second kappa shape index (κ2) is 7.64. The molecule has 166 valence electrons. The molecular formula is C21H27N5O4S. The maximum atomic E-state index is 12.8. The number of benzene rings is 1. The molecule has 0 unspecified atom stereocenters. The zero-order valence-electron chi connectivity index (χ0n) is 17.5. The number of pyridine rings is 1. The van der Waals surface area contributed by atoms with E-state index in [2.05, 4.69) is 14.9 Å². The molecule has 9 nitrogen and oxygen atoms in total. The van der Waals surface area contributed by atoms with Crippen LogP contribution in [-0.2, 0) is 16.1 Å². The van der Waals surface area contributed by atoms with E-state index in [4.69, 9.17) is 9.72 Å². The second-order valence-corrected chi connectivity index (χ2v) is 10.0. The van der Waals surface area contributed by atoms with E-state index in [1.165, 1.54) is 0 Å². The van der Waals surface area contributed by atoms with Gasteiger partial charge in [0.05, 0.1) is 10.6 Å². The summed E-state index contributed by atoms with van der Waals surface area (Å²) in [4.78, 5) is 22.0. The van der Waals surface area contributed by atoms with Gasteiger partial charge in [-0.2, -0.15) is 0 Å². The molecule has 1 amide bonds. The van der Waals surface area contributed by atoms with Gasteiger partial charge in [-0.15, -0.1) is 10.8 Å². The van der Waals surface area contributed by atoms with Gasteiger partial charge < -0.3 is 19.9 Å². The molecule has 5 rings (SSSR count). The van der Waals surface area contributed by atoms with E-state index < -0.39 is 10.8 Å². The molecule has 3 aliphatic heterocycles. The summed E-state index contributed by atoms with van der Waals surface area (Å²) >= 11 is 0. The van der Waals surface area contributed by atoms with Crippen LogP contribution in [0.25, 0.3) is 0 Å². The number of carbonyl (C=O) groups is 1. The largest absolute Gasteiger partial charge is 0.381 e. The standard InChI is InChI=1S/C21H27N5O4S/c1-13-21(27)25(2)17-5-6-19(24-20(17)26(13)16-7-9-30-10-8-16)23-15-4-3-14-12-22-31(28,29)18(14)11-15/h3-6,11,13,16,22,28-29H,7-10,12H2,1-2H3,(H,23,24)/t13-/m1/s1. The molecule has 1 saturated heterocycles. The van der Waals surface area contributed by atoms with E-state index >= 15 is 0 Å². The minimum absolute atomic E-state index is 0.0535. The van der Waals surface area contributed by atoms with Crippen LogP contribution in [0.5, 0.6) is 0 Å². The lowest BCUT2D eigenvalue weighted by Gasteiger charge is -2.44. The highest BCUT2D eigenvalue weighted by atomic mass is 32.3. The predicted octanol–water partition coefficient (Wildman–Crippen LogP) is 3.30. The van der Waals surface area contributed by atoms with Crippen molar-refractivity contribution in [3.8, 4) is 0 Å². The van der Waals surface area contributed by atoms with Crippen LogP contribution in [0.4, 0.5) is 23.0 Å². The Morgan fingerprint density at radius 3 is 2.77 bits per heavy atom. The summed E-state index contributed by atoms with van der Waals surface area (Å²) in [6.45, 7) is 3.73. The van der Waals surface area contributed by atoms with Crippen LogP contribution in [0, 0.1) is 0 Å². The molecule has 4 N–H and O–H groups in total. The van der Waals surface area contributed by atoms with Crippen LogP contribution in [0.15, 0.2) is 35.2 Å². The molecule has 31 heavy (non-hydrogen) atoms. The lowest BCUT2D eigenvalue weighted by molar-refractivity contribution is -0.119. The van der Waals surface area contributed by atoms with E-state index in [9.17, 15) is 13.9 Å². The molecule has 3 aliphatic rings. The average molecular weight is 446 g/mol. The fourth-order valence-corrected chi connectivity index (χ4v) is 5.87. The fraction of sp³-hybridized carbons (Fsp3) is 0.429. The van der Waals surface area contributed by atoms with E-state index in [0.717, 1.165) is 35.6 Å². The van der Waals surface area contributed by atoms with E-state index in [1.807, 2.05) is 31.2 Å². The number of nitrogens with one attached hydrogen (secondary N) is 2. The molecule has 1 fully saturated rings. The van der Waals surface area contributed by atoms with Crippen molar-refractivity contribution >= 4 is 39.7 Å². The summed E-state index contributed by atoms with van der Waals surface area (Å²) in [7, 11) is -1.17. The minimum Gasteiger partial charge on any atom is -0.381 e. The number of hydrogen-bond acceptors (Lipinski definition) is 8. The Bertz CT molecular complexity index is 1030. The zero-order valence-corrected chi connectivity index (χ0v) is 18.4. The van der Waals surface area contributed by atoms with Crippen molar-refractivity contribution in [1.29, 1.82) is 0 Å². The molecule has 0 saturated carbocycles. The van der Waals surface area contributed by atoms with Gasteiger partial charge in [0.25, 0.3) is 0 Å². The van der Waals surface area contributed by atoms with Gasteiger partial charge in [0.2, 0.25) is 5.91 Å². The van der Waals surface area contributed by atoms with Crippen molar-refractivity contribution in [3.05, 3.63) is 35.9 Å². The lowest BCUT2D eigenvalue weighted by Crippen LogP contribution is -2.56. The second-order valence-electron chi connectivity index (χ2n) is 8.18. The normalized spacial score (nSPS) is 24.0. The zero-order chi connectivity index (χ0) is 21.8. The smallest absolute Gasteiger partial charge is 0.249 e. The molecule has 0 bridgehead atoms. The molecule has 4 heterocycles. The number of hydrogen-bond donors (Lipinski definition) is 4. The third-order valence-electron chi connectivity index (χ3n) is 6.26. The van der Waals surface area contributed by atoms with Crippen LogP contribution in [0.2, 0.25) is 0 Å². The fourth-order valence-electron chi connectivity index (χ4n) is 4.56. The van der Waals surface area contributed by atoms with E-state index in [0.29, 0.717) is 30.5 Å². The first-order valence-electron chi connectivity index (χ1n) is 10.4. The number of aromatic nitrogens is 1. The molecule has 2 aromatic rings. The highest BCUT2D eigenvalue weighted by Crippen LogP contribution is 2.51. The lowest BCUT2D eigenvalue weighted by atomic mass is 10.0. The number of amides is 1. The van der Waals surface area contributed by atoms with E-state index in [-0.39, 0.29) is 18.0 Å². The van der Waals surface area contributed by atoms with Gasteiger partial charge in [-0.1, -0.05) is 6.07 Å². The summed E-state index contributed by atoms with van der Waals surface area (Å²) in [6.07, 6.45) is 1.71. The van der Waals surface area contributed by atoms with Crippen LogP contribution in [0.3, 0.4) is 0 Å². The van der Waals surface area contributed by atoms with Gasteiger partial charge in [0, 0.05) is 38.5 Å². The Hall–Kier alpha value is -2.37. The van der Waals surface area contributed by atoms with Gasteiger partial charge in [-0.05, 0) is 49.6 Å². The van der Waals surface area contributed by atoms with Crippen LogP contribution < -0.4 is 19.8 Å². The number of likely N-dealkylation sites (N-methyl/N-ethyl adjacent to an activating group) is 1. The minimum atomic E-state index is -2.95. The van der Waals surface area contributed by atoms with Gasteiger partial charge in [0.1, 0.15) is 11.9 Å². The molecule has 0 radical (unpaired) electrons. The number of anilines is 4. The molecule has 0 spiro atoms. The van der Waals surface area contributed by atoms with Gasteiger partial charge >= 0.3 is 0 Å². The molecule has 1 atom stereocenters.